The van der Waals surface area contributed by atoms with Crippen LogP contribution in [0.15, 0.2) is 23.7 Å². The molecule has 6 heteroatoms. The fourth-order valence-corrected chi connectivity index (χ4v) is 2.64. The molecule has 0 amide bonds. The van der Waals surface area contributed by atoms with Crippen molar-refractivity contribution in [3.05, 3.63) is 28.7 Å². The number of thiazole rings is 1. The number of hydrogen-bond acceptors (Lipinski definition) is 6. The van der Waals surface area contributed by atoms with Crippen molar-refractivity contribution in [1.29, 1.82) is 0 Å². The fraction of sp³-hybridized carbons (Fsp3) is 0.357. The molecule has 20 heavy (non-hydrogen) atoms. The molecular formula is C14H19N3O2S. The summed E-state index contributed by atoms with van der Waals surface area (Å²) < 4.78 is 10.5. The Morgan fingerprint density at radius 1 is 1.20 bits per heavy atom. The lowest BCUT2D eigenvalue weighted by atomic mass is 10.1. The van der Waals surface area contributed by atoms with E-state index in [1.807, 2.05) is 11.4 Å². The number of nitrogens with zero attached hydrogens (tertiary/aromatic N) is 1. The summed E-state index contributed by atoms with van der Waals surface area (Å²) in [5.41, 5.74) is 7.15. The van der Waals surface area contributed by atoms with Crippen molar-refractivity contribution in [3.63, 3.8) is 0 Å². The molecule has 0 unspecified atom stereocenters. The minimum Gasteiger partial charge on any atom is -0.493 e. The molecule has 0 atom stereocenters. The Balaban J connectivity index is 2.34. The lowest BCUT2D eigenvalue weighted by Crippen LogP contribution is -2.28. The number of hydrogen-bond donors (Lipinski definition) is 2. The van der Waals surface area contributed by atoms with Crippen molar-refractivity contribution < 1.29 is 9.47 Å². The lowest BCUT2D eigenvalue weighted by molar-refractivity contribution is 0.355. The van der Waals surface area contributed by atoms with Crippen LogP contribution in [0.4, 0.5) is 11.4 Å². The predicted octanol–water partition coefficient (Wildman–Crippen LogP) is 3.09. The molecule has 1 aromatic carbocycles. The highest BCUT2D eigenvalue weighted by atomic mass is 32.1. The molecule has 0 saturated heterocycles. The van der Waals surface area contributed by atoms with E-state index in [9.17, 15) is 0 Å². The van der Waals surface area contributed by atoms with Gasteiger partial charge in [-0.1, -0.05) is 0 Å². The lowest BCUT2D eigenvalue weighted by Gasteiger charge is -2.26. The summed E-state index contributed by atoms with van der Waals surface area (Å²) in [5.74, 6) is 1.25. The van der Waals surface area contributed by atoms with Crippen molar-refractivity contribution in [2.45, 2.75) is 19.4 Å². The molecule has 0 spiro atoms. The van der Waals surface area contributed by atoms with Gasteiger partial charge in [0.1, 0.15) is 5.01 Å². The van der Waals surface area contributed by atoms with Crippen LogP contribution in [0.25, 0.3) is 0 Å². The van der Waals surface area contributed by atoms with Crippen LogP contribution in [-0.2, 0) is 5.54 Å². The number of nitrogens with two attached hydrogens (primary N) is 1. The summed E-state index contributed by atoms with van der Waals surface area (Å²) >= 11 is 1.60. The summed E-state index contributed by atoms with van der Waals surface area (Å²) in [5, 5.41) is 6.35. The van der Waals surface area contributed by atoms with Gasteiger partial charge in [0.25, 0.3) is 0 Å². The number of benzene rings is 1. The average Bonchev–Trinajstić information content (AvgIpc) is 2.95. The number of methoxy groups -OCH3 is 2. The molecule has 0 aliphatic heterocycles. The van der Waals surface area contributed by atoms with Crippen molar-refractivity contribution >= 4 is 22.7 Å². The molecule has 0 aliphatic rings. The number of rotatable bonds is 5. The average molecular weight is 293 g/mol. The van der Waals surface area contributed by atoms with Crippen LogP contribution in [0.1, 0.15) is 18.9 Å². The molecule has 0 bridgehead atoms. The monoisotopic (exact) mass is 293 g/mol. The van der Waals surface area contributed by atoms with Crippen molar-refractivity contribution in [3.8, 4) is 11.5 Å². The Kier molecular flexibility index (Phi) is 4.04. The van der Waals surface area contributed by atoms with Crippen molar-refractivity contribution in [1.82, 2.24) is 4.98 Å². The fourth-order valence-electron chi connectivity index (χ4n) is 1.93. The van der Waals surface area contributed by atoms with Crippen LogP contribution in [0, 0.1) is 0 Å². The van der Waals surface area contributed by atoms with Crippen LogP contribution in [0.2, 0.25) is 0 Å². The Labute approximate surface area is 122 Å². The summed E-state index contributed by atoms with van der Waals surface area (Å²) in [6.07, 6.45) is 1.79. The SMILES string of the molecule is COc1cc(N)c(NC(C)(C)c2nccs2)cc1OC. The van der Waals surface area contributed by atoms with E-state index in [1.165, 1.54) is 0 Å². The molecule has 0 saturated carbocycles. The van der Waals surface area contributed by atoms with Crippen LogP contribution in [0.3, 0.4) is 0 Å². The van der Waals surface area contributed by atoms with Crippen molar-refractivity contribution in [2.75, 3.05) is 25.3 Å². The number of ether oxygens (including phenoxy) is 2. The molecule has 0 radical (unpaired) electrons. The van der Waals surface area contributed by atoms with E-state index < -0.39 is 0 Å². The summed E-state index contributed by atoms with van der Waals surface area (Å²) in [7, 11) is 3.19. The zero-order valence-corrected chi connectivity index (χ0v) is 12.9. The van der Waals surface area contributed by atoms with Gasteiger partial charge in [-0.05, 0) is 13.8 Å². The van der Waals surface area contributed by atoms with E-state index in [2.05, 4.69) is 24.1 Å². The smallest absolute Gasteiger partial charge is 0.162 e. The van der Waals surface area contributed by atoms with Gasteiger partial charge in [-0.3, -0.25) is 0 Å². The Morgan fingerprint density at radius 3 is 2.40 bits per heavy atom. The molecule has 0 aliphatic carbocycles. The summed E-state index contributed by atoms with van der Waals surface area (Å²) in [4.78, 5) is 4.35. The van der Waals surface area contributed by atoms with E-state index >= 15 is 0 Å². The zero-order valence-electron chi connectivity index (χ0n) is 12.1. The van der Waals surface area contributed by atoms with Gasteiger partial charge >= 0.3 is 0 Å². The normalized spacial score (nSPS) is 11.2. The van der Waals surface area contributed by atoms with Crippen LogP contribution in [-0.4, -0.2) is 19.2 Å². The second-order valence-corrected chi connectivity index (χ2v) is 5.78. The van der Waals surface area contributed by atoms with Gasteiger partial charge in [0.2, 0.25) is 0 Å². The van der Waals surface area contributed by atoms with Crippen molar-refractivity contribution in [2.24, 2.45) is 0 Å². The van der Waals surface area contributed by atoms with E-state index in [4.69, 9.17) is 15.2 Å². The highest BCUT2D eigenvalue weighted by molar-refractivity contribution is 7.09. The molecule has 0 fully saturated rings. The molecule has 108 valence electrons. The molecule has 2 aromatic rings. The quantitative estimate of drug-likeness (QED) is 0.829. The minimum absolute atomic E-state index is 0.318. The molecule has 3 N–H and O–H groups in total. The van der Waals surface area contributed by atoms with Gasteiger partial charge in [-0.2, -0.15) is 0 Å². The van der Waals surface area contributed by atoms with E-state index in [0.717, 1.165) is 10.7 Å². The number of aromatic nitrogens is 1. The largest absolute Gasteiger partial charge is 0.493 e. The first-order chi connectivity index (χ1) is 9.47. The minimum atomic E-state index is -0.318. The number of anilines is 2. The van der Waals surface area contributed by atoms with Gasteiger partial charge < -0.3 is 20.5 Å². The maximum Gasteiger partial charge on any atom is 0.162 e. The van der Waals surface area contributed by atoms with Gasteiger partial charge in [-0.25, -0.2) is 4.98 Å². The molecule has 5 nitrogen and oxygen atoms in total. The van der Waals surface area contributed by atoms with Crippen LogP contribution < -0.4 is 20.5 Å². The summed E-state index contributed by atoms with van der Waals surface area (Å²) in [6, 6.07) is 3.59. The topological polar surface area (TPSA) is 69.4 Å². The van der Waals surface area contributed by atoms with Crippen LogP contribution >= 0.6 is 11.3 Å². The molecule has 1 heterocycles. The van der Waals surface area contributed by atoms with Gasteiger partial charge in [0.15, 0.2) is 11.5 Å². The molecular weight excluding hydrogens is 274 g/mol. The standard InChI is InChI=1S/C14H19N3O2S/c1-14(2,13-16-5-6-20-13)17-10-8-12(19-4)11(18-3)7-9(10)15/h5-8,17H,15H2,1-4H3. The third kappa shape index (κ3) is 2.80. The maximum atomic E-state index is 6.07. The van der Waals surface area contributed by atoms with Gasteiger partial charge in [0, 0.05) is 23.7 Å². The summed E-state index contributed by atoms with van der Waals surface area (Å²) in [6.45, 7) is 4.12. The van der Waals surface area contributed by atoms with Gasteiger partial charge in [-0.15, -0.1) is 11.3 Å². The van der Waals surface area contributed by atoms with E-state index in [1.54, 1.807) is 37.8 Å². The van der Waals surface area contributed by atoms with Crippen LogP contribution in [0.5, 0.6) is 11.5 Å². The zero-order chi connectivity index (χ0) is 14.8. The van der Waals surface area contributed by atoms with Gasteiger partial charge in [0.05, 0.1) is 31.1 Å². The highest BCUT2D eigenvalue weighted by Crippen LogP contribution is 2.37. The highest BCUT2D eigenvalue weighted by Gasteiger charge is 2.24. The third-order valence-electron chi connectivity index (χ3n) is 2.97. The van der Waals surface area contributed by atoms with E-state index in [-0.39, 0.29) is 5.54 Å². The first-order valence-electron chi connectivity index (χ1n) is 6.17. The Bertz CT molecular complexity index is 582. The Morgan fingerprint density at radius 2 is 1.85 bits per heavy atom. The Hall–Kier alpha value is -1.95. The third-order valence-corrected chi connectivity index (χ3v) is 4.07. The molecule has 2 rings (SSSR count). The second-order valence-electron chi connectivity index (χ2n) is 4.88. The predicted molar refractivity (Wildman–Crippen MR) is 82.7 cm³/mol. The first-order valence-corrected chi connectivity index (χ1v) is 7.05. The number of nitrogen functional groups attached to an aromatic ring is 1. The second kappa shape index (κ2) is 5.58. The molecule has 1 aromatic heterocycles. The first kappa shape index (κ1) is 14.5. The number of nitrogens with one attached hydrogen (secondary N) is 1. The maximum absolute atomic E-state index is 6.07. The van der Waals surface area contributed by atoms with E-state index in [0.29, 0.717) is 17.2 Å².